The molecule has 0 aromatic rings. The first kappa shape index (κ1) is 24.9. The quantitative estimate of drug-likeness (QED) is 0.302. The lowest BCUT2D eigenvalue weighted by Crippen LogP contribution is -2.55. The van der Waals surface area contributed by atoms with E-state index >= 15 is 0 Å². The van der Waals surface area contributed by atoms with E-state index < -0.39 is 8.32 Å². The molecule has 27 heavy (non-hydrogen) atoms. The molecule has 1 heterocycles. The van der Waals surface area contributed by atoms with Crippen LogP contribution in [-0.2, 0) is 18.7 Å². The summed E-state index contributed by atoms with van der Waals surface area (Å²) in [6, 6.07) is 0. The van der Waals surface area contributed by atoms with Crippen LogP contribution in [0.1, 0.15) is 67.7 Å². The van der Waals surface area contributed by atoms with Crippen LogP contribution in [0.5, 0.6) is 0 Å². The van der Waals surface area contributed by atoms with Gasteiger partial charge in [0.2, 0.25) is 8.32 Å². The number of carbonyl (C=O) groups is 1. The molecule has 158 valence electrons. The summed E-state index contributed by atoms with van der Waals surface area (Å²) in [5.41, 5.74) is 1.57. The number of halogens is 1. The van der Waals surface area contributed by atoms with E-state index in [2.05, 4.69) is 71.0 Å². The topological polar surface area (TPSA) is 44.8 Å². The van der Waals surface area contributed by atoms with E-state index in [0.29, 0.717) is 16.6 Å². The van der Waals surface area contributed by atoms with Gasteiger partial charge in [0, 0.05) is 12.3 Å². The zero-order valence-electron chi connectivity index (χ0n) is 18.4. The number of carbonyl (C=O) groups excluding carboxylic acids is 1. The summed E-state index contributed by atoms with van der Waals surface area (Å²) in [6.07, 6.45) is 1.73. The molecule has 0 aliphatic carbocycles. The minimum Gasteiger partial charge on any atom is -0.469 e. The van der Waals surface area contributed by atoms with Crippen molar-refractivity contribution in [3.05, 3.63) is 11.1 Å². The van der Waals surface area contributed by atoms with Crippen molar-refractivity contribution in [1.29, 1.82) is 0 Å². The van der Waals surface area contributed by atoms with Crippen LogP contribution < -0.4 is 0 Å². The molecule has 1 aliphatic rings. The maximum absolute atomic E-state index is 11.9. The predicted octanol–water partition coefficient (Wildman–Crippen LogP) is 6.20. The Morgan fingerprint density at radius 3 is 2.07 bits per heavy atom. The molecule has 4 nitrogen and oxygen atoms in total. The van der Waals surface area contributed by atoms with Crippen molar-refractivity contribution in [2.75, 3.05) is 7.11 Å². The Bertz CT molecular complexity index is 485. The number of hydrogen-bond donors (Lipinski definition) is 0. The van der Waals surface area contributed by atoms with Crippen molar-refractivity contribution < 1.29 is 18.7 Å². The van der Waals surface area contributed by atoms with E-state index in [1.807, 2.05) is 0 Å². The van der Waals surface area contributed by atoms with E-state index in [4.69, 9.17) is 13.9 Å². The smallest absolute Gasteiger partial charge is 0.308 e. The number of ether oxygens (including phenoxy) is 2. The first-order chi connectivity index (χ1) is 12.4. The summed E-state index contributed by atoms with van der Waals surface area (Å²) in [4.78, 5) is 11.9. The van der Waals surface area contributed by atoms with Crippen LogP contribution in [-0.4, -0.2) is 39.7 Å². The Balaban J connectivity index is 3.15. The van der Waals surface area contributed by atoms with Gasteiger partial charge in [0.25, 0.3) is 0 Å². The SMILES string of the molecule is C=C(Br)C[C@@H]1C[C@H](O[Si](C(C)C)(C(C)C)C(C)C)[C@@H](C)[C@H](CC(=O)OC)O1. The Kier molecular flexibility index (Phi) is 9.72. The van der Waals surface area contributed by atoms with Gasteiger partial charge in [-0.1, -0.05) is 71.0 Å². The van der Waals surface area contributed by atoms with E-state index in [1.165, 1.54) is 7.11 Å². The molecule has 0 amide bonds. The summed E-state index contributed by atoms with van der Waals surface area (Å²) >= 11 is 3.46. The molecular weight excluding hydrogens is 424 g/mol. The lowest BCUT2D eigenvalue weighted by Gasteiger charge is -2.49. The van der Waals surface area contributed by atoms with Crippen LogP contribution in [0.4, 0.5) is 0 Å². The van der Waals surface area contributed by atoms with Gasteiger partial charge >= 0.3 is 5.97 Å². The second-order valence-electron chi connectivity index (χ2n) is 8.87. The third kappa shape index (κ3) is 6.15. The minimum absolute atomic E-state index is 0.00548. The molecule has 1 saturated heterocycles. The Morgan fingerprint density at radius 1 is 1.15 bits per heavy atom. The third-order valence-corrected chi connectivity index (χ3v) is 12.6. The highest BCUT2D eigenvalue weighted by atomic mass is 79.9. The second kappa shape index (κ2) is 10.6. The molecule has 0 radical (unpaired) electrons. The van der Waals surface area contributed by atoms with Gasteiger partial charge in [-0.15, -0.1) is 0 Å². The van der Waals surface area contributed by atoms with Gasteiger partial charge in [0.05, 0.1) is 31.8 Å². The molecule has 1 aliphatic heterocycles. The van der Waals surface area contributed by atoms with Gasteiger partial charge in [0.15, 0.2) is 0 Å². The molecule has 6 heteroatoms. The van der Waals surface area contributed by atoms with E-state index in [-0.39, 0.29) is 36.6 Å². The maximum atomic E-state index is 11.9. The molecule has 0 aromatic heterocycles. The highest BCUT2D eigenvalue weighted by Gasteiger charge is 2.49. The van der Waals surface area contributed by atoms with Crippen LogP contribution in [0.15, 0.2) is 11.1 Å². The van der Waals surface area contributed by atoms with Crippen molar-refractivity contribution in [3.63, 3.8) is 0 Å². The monoisotopic (exact) mass is 462 g/mol. The fraction of sp³-hybridized carbons (Fsp3) is 0.857. The van der Waals surface area contributed by atoms with Crippen molar-refractivity contribution in [2.45, 2.75) is 103 Å². The summed E-state index contributed by atoms with van der Waals surface area (Å²) in [5, 5.41) is 0. The molecule has 0 bridgehead atoms. The van der Waals surface area contributed by atoms with Crippen molar-refractivity contribution in [2.24, 2.45) is 5.92 Å². The first-order valence-electron chi connectivity index (χ1n) is 10.2. The van der Waals surface area contributed by atoms with Crippen LogP contribution in [0.25, 0.3) is 0 Å². The lowest BCUT2D eigenvalue weighted by atomic mass is 9.88. The molecule has 0 unspecified atom stereocenters. The van der Waals surface area contributed by atoms with Gasteiger partial charge in [-0.3, -0.25) is 4.79 Å². The van der Waals surface area contributed by atoms with Crippen LogP contribution in [0.3, 0.4) is 0 Å². The number of hydrogen-bond acceptors (Lipinski definition) is 4. The largest absolute Gasteiger partial charge is 0.469 e. The van der Waals surface area contributed by atoms with Crippen LogP contribution in [0, 0.1) is 5.92 Å². The van der Waals surface area contributed by atoms with Gasteiger partial charge < -0.3 is 13.9 Å². The highest BCUT2D eigenvalue weighted by Crippen LogP contribution is 2.45. The van der Waals surface area contributed by atoms with Gasteiger partial charge in [-0.2, -0.15) is 0 Å². The fourth-order valence-electron chi connectivity index (χ4n) is 4.83. The summed E-state index contributed by atoms with van der Waals surface area (Å²) < 4.78 is 19.2. The van der Waals surface area contributed by atoms with Gasteiger partial charge in [-0.05, 0) is 27.5 Å². The molecule has 0 spiro atoms. The van der Waals surface area contributed by atoms with Crippen molar-refractivity contribution >= 4 is 30.2 Å². The zero-order chi connectivity index (χ0) is 20.9. The fourth-order valence-corrected chi connectivity index (χ4v) is 10.8. The average molecular weight is 464 g/mol. The molecule has 0 saturated carbocycles. The predicted molar refractivity (Wildman–Crippen MR) is 118 cm³/mol. The second-order valence-corrected chi connectivity index (χ2v) is 15.4. The Hall–Kier alpha value is -0.173. The summed E-state index contributed by atoms with van der Waals surface area (Å²) in [5.74, 6) is -0.0870. The third-order valence-electron chi connectivity index (χ3n) is 6.14. The molecule has 1 fully saturated rings. The Labute approximate surface area is 175 Å². The van der Waals surface area contributed by atoms with Crippen LogP contribution in [0.2, 0.25) is 16.6 Å². The summed E-state index contributed by atoms with van der Waals surface area (Å²) in [6.45, 7) is 20.0. The van der Waals surface area contributed by atoms with Crippen LogP contribution >= 0.6 is 15.9 Å². The molecular formula is C21H39BrO4Si. The van der Waals surface area contributed by atoms with Crippen molar-refractivity contribution in [1.82, 2.24) is 0 Å². The van der Waals surface area contributed by atoms with E-state index in [1.54, 1.807) is 0 Å². The van der Waals surface area contributed by atoms with Gasteiger partial charge in [0.1, 0.15) is 0 Å². The highest BCUT2D eigenvalue weighted by molar-refractivity contribution is 9.11. The van der Waals surface area contributed by atoms with E-state index in [0.717, 1.165) is 17.3 Å². The average Bonchev–Trinajstić information content (AvgIpc) is 2.54. The van der Waals surface area contributed by atoms with Gasteiger partial charge in [-0.25, -0.2) is 0 Å². The molecule has 4 atom stereocenters. The number of methoxy groups -OCH3 is 1. The maximum Gasteiger partial charge on any atom is 0.308 e. The molecule has 0 N–H and O–H groups in total. The molecule has 0 aromatic carbocycles. The van der Waals surface area contributed by atoms with Crippen molar-refractivity contribution in [3.8, 4) is 0 Å². The van der Waals surface area contributed by atoms with E-state index in [9.17, 15) is 4.79 Å². The lowest BCUT2D eigenvalue weighted by molar-refractivity contribution is -0.157. The molecule has 1 rings (SSSR count). The zero-order valence-corrected chi connectivity index (χ0v) is 21.0. The Morgan fingerprint density at radius 2 is 1.67 bits per heavy atom. The first-order valence-corrected chi connectivity index (χ1v) is 13.1. The number of esters is 1. The minimum atomic E-state index is -2.01. The normalized spacial score (nSPS) is 26.7. The number of rotatable bonds is 9. The standard InChI is InChI=1S/C21H39BrO4Si/c1-13(2)27(14(3)4,15(5)6)26-20-11-18(10-16(7)22)25-19(17(20)8)12-21(23)24-9/h13-15,17-20H,7,10-12H2,1-6,8-9H3/t17-,18+,19-,20-/m0/s1. The summed E-state index contributed by atoms with van der Waals surface area (Å²) in [7, 11) is -0.584.